The first-order valence-corrected chi connectivity index (χ1v) is 6.42. The molecule has 1 rings (SSSR count). The number of rotatable bonds is 9. The van der Waals surface area contributed by atoms with Crippen molar-refractivity contribution in [2.24, 2.45) is 0 Å². The lowest BCUT2D eigenvalue weighted by atomic mass is 10.2. The van der Waals surface area contributed by atoms with Crippen molar-refractivity contribution in [3.63, 3.8) is 0 Å². The van der Waals surface area contributed by atoms with Crippen molar-refractivity contribution in [3.05, 3.63) is 35.9 Å². The molecule has 0 unspecified atom stereocenters. The maximum Gasteiger partial charge on any atom is 0.222 e. The highest BCUT2D eigenvalue weighted by Gasteiger charge is 2.00. The van der Waals surface area contributed by atoms with Crippen LogP contribution in [-0.4, -0.2) is 32.1 Å². The van der Waals surface area contributed by atoms with Gasteiger partial charge in [0.2, 0.25) is 5.91 Å². The van der Waals surface area contributed by atoms with Crippen LogP contribution in [0.25, 0.3) is 0 Å². The van der Waals surface area contributed by atoms with E-state index in [1.807, 2.05) is 37.3 Å². The van der Waals surface area contributed by atoms with Gasteiger partial charge in [-0.15, -0.1) is 0 Å². The smallest absolute Gasteiger partial charge is 0.222 e. The fraction of sp³-hybridized carbons (Fsp3) is 0.500. The number of amides is 1. The number of carbonyl (C=O) groups is 1. The minimum absolute atomic E-state index is 0.0426. The maximum atomic E-state index is 11.4. The molecule has 0 atom stereocenters. The van der Waals surface area contributed by atoms with E-state index in [0.717, 1.165) is 18.7 Å². The molecule has 0 fully saturated rings. The molecule has 0 saturated carbocycles. The zero-order valence-corrected chi connectivity index (χ0v) is 10.9. The molecular weight excluding hydrogens is 228 g/mol. The molecule has 0 heterocycles. The molecule has 0 aliphatic heterocycles. The van der Waals surface area contributed by atoms with Crippen LogP contribution in [0, 0.1) is 0 Å². The predicted octanol–water partition coefficient (Wildman–Crippen LogP) is 1.32. The van der Waals surface area contributed by atoms with Crippen molar-refractivity contribution in [2.45, 2.75) is 20.0 Å². The Morgan fingerprint density at radius 3 is 2.72 bits per heavy atom. The van der Waals surface area contributed by atoms with E-state index >= 15 is 0 Å². The highest BCUT2D eigenvalue weighted by atomic mass is 16.5. The second kappa shape index (κ2) is 9.62. The highest BCUT2D eigenvalue weighted by Crippen LogP contribution is 2.00. The van der Waals surface area contributed by atoms with Gasteiger partial charge in [-0.1, -0.05) is 37.3 Å². The van der Waals surface area contributed by atoms with Crippen molar-refractivity contribution < 1.29 is 9.53 Å². The number of benzene rings is 1. The van der Waals surface area contributed by atoms with Crippen molar-refractivity contribution >= 4 is 5.91 Å². The van der Waals surface area contributed by atoms with Gasteiger partial charge in [-0.05, 0) is 12.1 Å². The maximum absolute atomic E-state index is 11.4. The number of hydrogen-bond acceptors (Lipinski definition) is 3. The first kappa shape index (κ1) is 14.7. The SMILES string of the molecule is CCNCCNC(=O)CCOCc1ccccc1. The Bertz CT molecular complexity index is 328. The van der Waals surface area contributed by atoms with Crippen molar-refractivity contribution in [3.8, 4) is 0 Å². The van der Waals surface area contributed by atoms with Gasteiger partial charge in [0.15, 0.2) is 0 Å². The third kappa shape index (κ3) is 7.04. The third-order valence-corrected chi connectivity index (χ3v) is 2.46. The van der Waals surface area contributed by atoms with Gasteiger partial charge in [0, 0.05) is 19.5 Å². The molecule has 0 saturated heterocycles. The molecule has 4 nitrogen and oxygen atoms in total. The van der Waals surface area contributed by atoms with Crippen LogP contribution in [0.1, 0.15) is 18.9 Å². The summed E-state index contributed by atoms with van der Waals surface area (Å²) in [6.07, 6.45) is 0.416. The fourth-order valence-electron chi connectivity index (χ4n) is 1.48. The molecule has 1 aromatic carbocycles. The predicted molar refractivity (Wildman–Crippen MR) is 72.3 cm³/mol. The molecule has 4 heteroatoms. The van der Waals surface area contributed by atoms with Crippen LogP contribution < -0.4 is 10.6 Å². The van der Waals surface area contributed by atoms with E-state index in [0.29, 0.717) is 26.2 Å². The van der Waals surface area contributed by atoms with Crippen LogP contribution in [0.15, 0.2) is 30.3 Å². The molecule has 18 heavy (non-hydrogen) atoms. The van der Waals surface area contributed by atoms with E-state index in [-0.39, 0.29) is 5.91 Å². The number of hydrogen-bond donors (Lipinski definition) is 2. The molecule has 0 aliphatic rings. The average Bonchev–Trinajstić information content (AvgIpc) is 2.41. The summed E-state index contributed by atoms with van der Waals surface area (Å²) in [5.74, 6) is 0.0426. The normalized spacial score (nSPS) is 10.3. The Morgan fingerprint density at radius 1 is 1.22 bits per heavy atom. The summed E-state index contributed by atoms with van der Waals surface area (Å²) >= 11 is 0. The second-order valence-electron chi connectivity index (χ2n) is 3.99. The molecule has 0 bridgehead atoms. The summed E-state index contributed by atoms with van der Waals surface area (Å²) in [6, 6.07) is 9.95. The average molecular weight is 250 g/mol. The summed E-state index contributed by atoms with van der Waals surface area (Å²) in [7, 11) is 0. The van der Waals surface area contributed by atoms with Gasteiger partial charge in [0.25, 0.3) is 0 Å². The number of likely N-dealkylation sites (N-methyl/N-ethyl adjacent to an activating group) is 1. The Kier molecular flexibility index (Phi) is 7.84. The minimum atomic E-state index is 0.0426. The topological polar surface area (TPSA) is 50.4 Å². The van der Waals surface area contributed by atoms with Gasteiger partial charge in [-0.3, -0.25) is 4.79 Å². The second-order valence-corrected chi connectivity index (χ2v) is 3.99. The standard InChI is InChI=1S/C14H22N2O2/c1-2-15-9-10-16-14(17)8-11-18-12-13-6-4-3-5-7-13/h3-7,15H,2,8-12H2,1H3,(H,16,17). The van der Waals surface area contributed by atoms with E-state index in [4.69, 9.17) is 4.74 Å². The van der Waals surface area contributed by atoms with Crippen LogP contribution in [0.4, 0.5) is 0 Å². The Labute approximate surface area is 109 Å². The van der Waals surface area contributed by atoms with E-state index in [9.17, 15) is 4.79 Å². The summed E-state index contributed by atoms with van der Waals surface area (Å²) in [4.78, 5) is 11.4. The van der Waals surface area contributed by atoms with Gasteiger partial charge in [0.1, 0.15) is 0 Å². The zero-order chi connectivity index (χ0) is 13.1. The fourth-order valence-corrected chi connectivity index (χ4v) is 1.48. The molecule has 100 valence electrons. The van der Waals surface area contributed by atoms with Gasteiger partial charge < -0.3 is 15.4 Å². The van der Waals surface area contributed by atoms with Gasteiger partial charge in [-0.25, -0.2) is 0 Å². The van der Waals surface area contributed by atoms with Crippen molar-refractivity contribution in [1.29, 1.82) is 0 Å². The largest absolute Gasteiger partial charge is 0.376 e. The molecule has 1 amide bonds. The molecule has 0 spiro atoms. The molecule has 2 N–H and O–H groups in total. The Balaban J connectivity index is 1.99. The van der Waals surface area contributed by atoms with E-state index in [1.54, 1.807) is 0 Å². The molecule has 0 radical (unpaired) electrons. The Morgan fingerprint density at radius 2 is 2.00 bits per heavy atom. The van der Waals surface area contributed by atoms with Gasteiger partial charge in [-0.2, -0.15) is 0 Å². The third-order valence-electron chi connectivity index (χ3n) is 2.46. The van der Waals surface area contributed by atoms with Crippen LogP contribution in [0.2, 0.25) is 0 Å². The lowest BCUT2D eigenvalue weighted by Crippen LogP contribution is -2.32. The molecular formula is C14H22N2O2. The monoisotopic (exact) mass is 250 g/mol. The first-order valence-electron chi connectivity index (χ1n) is 6.42. The van der Waals surface area contributed by atoms with Gasteiger partial charge in [0.05, 0.1) is 13.2 Å². The first-order chi connectivity index (χ1) is 8.83. The quantitative estimate of drug-likeness (QED) is 0.650. The molecule has 0 aromatic heterocycles. The number of carbonyl (C=O) groups excluding carboxylic acids is 1. The lowest BCUT2D eigenvalue weighted by molar-refractivity contribution is -0.122. The van der Waals surface area contributed by atoms with Crippen LogP contribution >= 0.6 is 0 Å². The summed E-state index contributed by atoms with van der Waals surface area (Å²) in [6.45, 7) is 5.47. The summed E-state index contributed by atoms with van der Waals surface area (Å²) in [5, 5.41) is 5.98. The summed E-state index contributed by atoms with van der Waals surface area (Å²) < 4.78 is 5.44. The lowest BCUT2D eigenvalue weighted by Gasteiger charge is -2.06. The highest BCUT2D eigenvalue weighted by molar-refractivity contribution is 5.75. The van der Waals surface area contributed by atoms with E-state index < -0.39 is 0 Å². The van der Waals surface area contributed by atoms with Crippen molar-refractivity contribution in [1.82, 2.24) is 10.6 Å². The van der Waals surface area contributed by atoms with Crippen molar-refractivity contribution in [2.75, 3.05) is 26.2 Å². The Hall–Kier alpha value is -1.39. The minimum Gasteiger partial charge on any atom is -0.376 e. The van der Waals surface area contributed by atoms with Crippen LogP contribution in [-0.2, 0) is 16.1 Å². The van der Waals surface area contributed by atoms with E-state index in [1.165, 1.54) is 0 Å². The number of ether oxygens (including phenoxy) is 1. The summed E-state index contributed by atoms with van der Waals surface area (Å²) in [5.41, 5.74) is 1.13. The number of nitrogens with one attached hydrogen (secondary N) is 2. The van der Waals surface area contributed by atoms with Gasteiger partial charge >= 0.3 is 0 Å². The van der Waals surface area contributed by atoms with Crippen LogP contribution in [0.3, 0.4) is 0 Å². The molecule has 1 aromatic rings. The van der Waals surface area contributed by atoms with Crippen LogP contribution in [0.5, 0.6) is 0 Å². The zero-order valence-electron chi connectivity index (χ0n) is 10.9. The van der Waals surface area contributed by atoms with E-state index in [2.05, 4.69) is 10.6 Å². The molecule has 0 aliphatic carbocycles.